The molecule has 0 unspecified atom stereocenters. The zero-order valence-electron chi connectivity index (χ0n) is 11.9. The van der Waals surface area contributed by atoms with Crippen molar-refractivity contribution < 1.29 is 24.9 Å². The van der Waals surface area contributed by atoms with Crippen LogP contribution in [0.1, 0.15) is 37.2 Å². The lowest BCUT2D eigenvalue weighted by Gasteiger charge is -2.20. The maximum atomic E-state index is 12.2. The van der Waals surface area contributed by atoms with Gasteiger partial charge in [0, 0.05) is 42.7 Å². The van der Waals surface area contributed by atoms with E-state index in [0.29, 0.717) is 5.56 Å². The van der Waals surface area contributed by atoms with E-state index in [2.05, 4.69) is 0 Å². The highest BCUT2D eigenvalue weighted by Crippen LogP contribution is 2.43. The van der Waals surface area contributed by atoms with Crippen molar-refractivity contribution in [2.75, 3.05) is 0 Å². The SMILES string of the molecule is O=C1CCC(O)=C1C(C1=C(O)CCC1=O)c1ccc(O)cc1. The molecular weight excluding hydrogens is 284 g/mol. The van der Waals surface area contributed by atoms with Gasteiger partial charge in [0.2, 0.25) is 0 Å². The molecule has 1 aromatic rings. The highest BCUT2D eigenvalue weighted by Gasteiger charge is 2.39. The monoisotopic (exact) mass is 300 g/mol. The van der Waals surface area contributed by atoms with Crippen LogP contribution in [0.15, 0.2) is 46.9 Å². The molecule has 0 saturated carbocycles. The first-order valence-electron chi connectivity index (χ1n) is 7.18. The molecule has 0 heterocycles. The third-order valence-corrected chi connectivity index (χ3v) is 4.20. The number of rotatable bonds is 3. The molecule has 0 fully saturated rings. The molecule has 2 aliphatic carbocycles. The Morgan fingerprint density at radius 3 is 1.55 bits per heavy atom. The van der Waals surface area contributed by atoms with E-state index >= 15 is 0 Å². The quantitative estimate of drug-likeness (QED) is 0.798. The summed E-state index contributed by atoms with van der Waals surface area (Å²) in [6.45, 7) is 0. The molecule has 0 amide bonds. The minimum Gasteiger partial charge on any atom is -0.512 e. The van der Waals surface area contributed by atoms with Crippen LogP contribution in [0, 0.1) is 0 Å². The fraction of sp³-hybridized carbons (Fsp3) is 0.294. The number of hydrogen-bond donors (Lipinski definition) is 3. The molecule has 2 aliphatic rings. The molecule has 3 rings (SSSR count). The van der Waals surface area contributed by atoms with Crippen molar-refractivity contribution in [2.24, 2.45) is 0 Å². The minimum atomic E-state index is -0.773. The summed E-state index contributed by atoms with van der Waals surface area (Å²) in [5.74, 6) is -1.18. The number of benzene rings is 1. The first kappa shape index (κ1) is 14.4. The smallest absolute Gasteiger partial charge is 0.163 e. The number of aliphatic hydroxyl groups excluding tert-OH is 2. The second kappa shape index (κ2) is 5.33. The van der Waals surface area contributed by atoms with E-state index in [1.54, 1.807) is 12.1 Å². The van der Waals surface area contributed by atoms with Gasteiger partial charge in [0.15, 0.2) is 11.6 Å². The molecule has 5 nitrogen and oxygen atoms in total. The zero-order chi connectivity index (χ0) is 15.9. The van der Waals surface area contributed by atoms with Crippen LogP contribution in [0.4, 0.5) is 0 Å². The van der Waals surface area contributed by atoms with Crippen molar-refractivity contribution in [1.82, 2.24) is 0 Å². The second-order valence-electron chi connectivity index (χ2n) is 5.59. The molecule has 0 aliphatic heterocycles. The fourth-order valence-corrected chi connectivity index (χ4v) is 3.12. The topological polar surface area (TPSA) is 94.8 Å². The molecule has 0 radical (unpaired) electrons. The van der Waals surface area contributed by atoms with Crippen LogP contribution < -0.4 is 0 Å². The van der Waals surface area contributed by atoms with Gasteiger partial charge >= 0.3 is 0 Å². The first-order chi connectivity index (χ1) is 10.5. The van der Waals surface area contributed by atoms with Gasteiger partial charge in [-0.2, -0.15) is 0 Å². The summed E-state index contributed by atoms with van der Waals surface area (Å²) in [6, 6.07) is 6.10. The van der Waals surface area contributed by atoms with Crippen molar-refractivity contribution in [3.8, 4) is 5.75 Å². The third kappa shape index (κ3) is 2.28. The summed E-state index contributed by atoms with van der Waals surface area (Å²) in [5, 5.41) is 29.6. The number of phenols is 1. The number of aromatic hydroxyl groups is 1. The van der Waals surface area contributed by atoms with Crippen LogP contribution in [0.2, 0.25) is 0 Å². The highest BCUT2D eigenvalue weighted by molar-refractivity contribution is 6.06. The maximum absolute atomic E-state index is 12.2. The third-order valence-electron chi connectivity index (χ3n) is 4.20. The average molecular weight is 300 g/mol. The number of phenolic OH excluding ortho intramolecular Hbond substituents is 1. The summed E-state index contributed by atoms with van der Waals surface area (Å²) >= 11 is 0. The van der Waals surface area contributed by atoms with Gasteiger partial charge in [-0.3, -0.25) is 9.59 Å². The number of allylic oxidation sites excluding steroid dienone is 4. The number of carbonyl (C=O) groups is 2. The van der Waals surface area contributed by atoms with E-state index in [4.69, 9.17) is 0 Å². The van der Waals surface area contributed by atoms with Gasteiger partial charge in [0.1, 0.15) is 17.3 Å². The molecule has 5 heteroatoms. The Morgan fingerprint density at radius 2 is 1.18 bits per heavy atom. The standard InChI is InChI=1S/C17H16O5/c18-10-3-1-9(2-4-10)15(16-11(19)5-6-12(16)20)17-13(21)7-8-14(17)22/h1-4,15,18-19,21H,5-8H2. The van der Waals surface area contributed by atoms with E-state index in [1.165, 1.54) is 12.1 Å². The van der Waals surface area contributed by atoms with Crippen LogP contribution in [0.25, 0.3) is 0 Å². The van der Waals surface area contributed by atoms with Crippen molar-refractivity contribution >= 4 is 11.6 Å². The Balaban J connectivity index is 2.17. The molecule has 0 atom stereocenters. The molecule has 1 aromatic carbocycles. The number of carbonyl (C=O) groups excluding carboxylic acids is 2. The molecule has 22 heavy (non-hydrogen) atoms. The summed E-state index contributed by atoms with van der Waals surface area (Å²) in [5.41, 5.74) is 0.955. The highest BCUT2D eigenvalue weighted by atomic mass is 16.3. The molecular formula is C17H16O5. The van der Waals surface area contributed by atoms with E-state index in [0.717, 1.165) is 0 Å². The minimum absolute atomic E-state index is 0.0249. The Morgan fingerprint density at radius 1 is 0.727 bits per heavy atom. The molecule has 0 bridgehead atoms. The summed E-state index contributed by atoms with van der Waals surface area (Å²) in [6.07, 6.45) is 0.923. The van der Waals surface area contributed by atoms with Crippen molar-refractivity contribution in [2.45, 2.75) is 31.6 Å². The molecule has 0 spiro atoms. The average Bonchev–Trinajstić information content (AvgIpc) is 2.99. The van der Waals surface area contributed by atoms with Gasteiger partial charge in [-0.1, -0.05) is 12.1 Å². The van der Waals surface area contributed by atoms with Crippen molar-refractivity contribution in [1.29, 1.82) is 0 Å². The van der Waals surface area contributed by atoms with Crippen LogP contribution >= 0.6 is 0 Å². The Labute approximate surface area is 127 Å². The van der Waals surface area contributed by atoms with Crippen LogP contribution in [-0.4, -0.2) is 26.9 Å². The van der Waals surface area contributed by atoms with E-state index < -0.39 is 5.92 Å². The van der Waals surface area contributed by atoms with Gasteiger partial charge in [0.25, 0.3) is 0 Å². The molecule has 114 valence electrons. The van der Waals surface area contributed by atoms with E-state index in [-0.39, 0.29) is 65.7 Å². The van der Waals surface area contributed by atoms with Gasteiger partial charge in [-0.05, 0) is 17.7 Å². The lowest BCUT2D eigenvalue weighted by atomic mass is 9.82. The van der Waals surface area contributed by atoms with Gasteiger partial charge < -0.3 is 15.3 Å². The molecule has 3 N–H and O–H groups in total. The Bertz CT molecular complexity index is 669. The number of Topliss-reactive ketones (excluding diaryl/α,β-unsaturated/α-hetero) is 2. The van der Waals surface area contributed by atoms with Crippen molar-refractivity contribution in [3.05, 3.63) is 52.5 Å². The van der Waals surface area contributed by atoms with Crippen LogP contribution in [-0.2, 0) is 9.59 Å². The van der Waals surface area contributed by atoms with Crippen molar-refractivity contribution in [3.63, 3.8) is 0 Å². The number of ketones is 2. The second-order valence-corrected chi connectivity index (χ2v) is 5.59. The number of hydrogen-bond acceptors (Lipinski definition) is 5. The van der Waals surface area contributed by atoms with Crippen LogP contribution in [0.3, 0.4) is 0 Å². The van der Waals surface area contributed by atoms with E-state index in [1.807, 2.05) is 0 Å². The summed E-state index contributed by atoms with van der Waals surface area (Å²) in [7, 11) is 0. The number of aliphatic hydroxyl groups is 2. The lowest BCUT2D eigenvalue weighted by Crippen LogP contribution is -2.16. The van der Waals surface area contributed by atoms with Crippen LogP contribution in [0.5, 0.6) is 5.75 Å². The van der Waals surface area contributed by atoms with Gasteiger partial charge in [-0.15, -0.1) is 0 Å². The largest absolute Gasteiger partial charge is 0.512 e. The Kier molecular flexibility index (Phi) is 3.48. The summed E-state index contributed by atoms with van der Waals surface area (Å²) in [4.78, 5) is 24.3. The molecule has 0 saturated heterocycles. The normalized spacial score (nSPS) is 19.0. The van der Waals surface area contributed by atoms with Gasteiger partial charge in [-0.25, -0.2) is 0 Å². The van der Waals surface area contributed by atoms with Gasteiger partial charge in [0.05, 0.1) is 0 Å². The predicted molar refractivity (Wildman–Crippen MR) is 78.6 cm³/mol. The first-order valence-corrected chi connectivity index (χ1v) is 7.18. The van der Waals surface area contributed by atoms with E-state index in [9.17, 15) is 24.9 Å². The summed E-state index contributed by atoms with van der Waals surface area (Å²) < 4.78 is 0. The lowest BCUT2D eigenvalue weighted by molar-refractivity contribution is -0.115. The fourth-order valence-electron chi connectivity index (χ4n) is 3.12. The maximum Gasteiger partial charge on any atom is 0.163 e. The Hall–Kier alpha value is -2.56. The zero-order valence-corrected chi connectivity index (χ0v) is 11.9. The molecule has 0 aromatic heterocycles. The predicted octanol–water partition coefficient (Wildman–Crippen LogP) is 2.83.